The van der Waals surface area contributed by atoms with Gasteiger partial charge in [0.1, 0.15) is 0 Å². The summed E-state index contributed by atoms with van der Waals surface area (Å²) in [4.78, 5) is 2.43. The third-order valence-electron chi connectivity index (χ3n) is 7.59. The summed E-state index contributed by atoms with van der Waals surface area (Å²) in [7, 11) is -3.31. The number of fused-ring (bicyclic) bond motifs is 1. The molecule has 0 saturated carbocycles. The van der Waals surface area contributed by atoms with Crippen LogP contribution in [0.1, 0.15) is 41.6 Å². The molecule has 0 unspecified atom stereocenters. The molecule has 5 rings (SSSR count). The fourth-order valence-electron chi connectivity index (χ4n) is 5.39. The smallest absolute Gasteiger partial charge is 0.211 e. The van der Waals surface area contributed by atoms with Gasteiger partial charge in [-0.3, -0.25) is 9.58 Å². The van der Waals surface area contributed by atoms with E-state index in [1.807, 2.05) is 24.3 Å². The van der Waals surface area contributed by atoms with Crippen molar-refractivity contribution in [1.82, 2.24) is 19.0 Å². The number of benzene rings is 2. The molecule has 0 spiro atoms. The summed E-state index contributed by atoms with van der Waals surface area (Å²) < 4.78 is 33.9. The van der Waals surface area contributed by atoms with Gasteiger partial charge >= 0.3 is 0 Å². The normalized spacial score (nSPS) is 16.4. The van der Waals surface area contributed by atoms with E-state index in [9.17, 15) is 8.42 Å². The average Bonchev–Trinajstić information content (AvgIpc) is 3.32. The Morgan fingerprint density at radius 2 is 1.82 bits per heavy atom. The van der Waals surface area contributed by atoms with Crippen LogP contribution in [0.4, 0.5) is 0 Å². The zero-order valence-corrected chi connectivity index (χ0v) is 24.7. The quantitative estimate of drug-likeness (QED) is 0.273. The van der Waals surface area contributed by atoms with E-state index in [1.165, 1.54) is 11.8 Å². The maximum Gasteiger partial charge on any atom is 0.211 e. The molecule has 0 N–H and O–H groups in total. The van der Waals surface area contributed by atoms with Crippen molar-refractivity contribution in [1.29, 1.82) is 0 Å². The molecule has 0 bridgehead atoms. The van der Waals surface area contributed by atoms with E-state index < -0.39 is 10.0 Å². The molecule has 212 valence electrons. The Hall–Kier alpha value is -2.67. The van der Waals surface area contributed by atoms with Gasteiger partial charge < -0.3 is 4.74 Å². The van der Waals surface area contributed by atoms with Crippen molar-refractivity contribution in [2.24, 2.45) is 0 Å². The Morgan fingerprint density at radius 1 is 1.02 bits per heavy atom. The van der Waals surface area contributed by atoms with Crippen LogP contribution in [0.15, 0.2) is 48.5 Å². The first-order valence-electron chi connectivity index (χ1n) is 14.0. The van der Waals surface area contributed by atoms with Crippen LogP contribution >= 0.6 is 11.6 Å². The van der Waals surface area contributed by atoms with E-state index in [0.29, 0.717) is 24.5 Å². The van der Waals surface area contributed by atoms with Crippen LogP contribution in [0, 0.1) is 11.8 Å². The van der Waals surface area contributed by atoms with Gasteiger partial charge in [-0.15, -0.1) is 0 Å². The maximum absolute atomic E-state index is 12.4. The lowest BCUT2D eigenvalue weighted by atomic mass is 10.0. The van der Waals surface area contributed by atoms with Crippen LogP contribution in [-0.2, 0) is 40.7 Å². The highest BCUT2D eigenvalue weighted by Crippen LogP contribution is 2.33. The van der Waals surface area contributed by atoms with Crippen LogP contribution in [0.5, 0.6) is 0 Å². The van der Waals surface area contributed by atoms with Crippen LogP contribution in [0.2, 0.25) is 5.02 Å². The molecule has 2 aliphatic rings. The first-order chi connectivity index (χ1) is 19.4. The van der Waals surface area contributed by atoms with Crippen LogP contribution < -0.4 is 0 Å². The Kier molecular flexibility index (Phi) is 9.61. The van der Waals surface area contributed by atoms with E-state index in [0.717, 1.165) is 93.2 Å². The molecular formula is C31H37ClN4O3S. The molecule has 0 atom stereocenters. The number of rotatable bonds is 9. The summed E-state index contributed by atoms with van der Waals surface area (Å²) in [5.41, 5.74) is 5.92. The summed E-state index contributed by atoms with van der Waals surface area (Å²) in [6, 6.07) is 16.3. The van der Waals surface area contributed by atoms with Gasteiger partial charge in [-0.05, 0) is 37.0 Å². The topological polar surface area (TPSA) is 67.7 Å². The number of unbranched alkanes of at least 4 members (excludes halogenated alkanes) is 1. The molecule has 7 nitrogen and oxygen atoms in total. The van der Waals surface area contributed by atoms with Crippen molar-refractivity contribution >= 4 is 21.6 Å². The number of halogens is 1. The Labute approximate surface area is 243 Å². The molecule has 1 fully saturated rings. The largest absolute Gasteiger partial charge is 0.379 e. The van der Waals surface area contributed by atoms with E-state index in [-0.39, 0.29) is 0 Å². The van der Waals surface area contributed by atoms with Crippen LogP contribution in [0.3, 0.4) is 0 Å². The zero-order valence-electron chi connectivity index (χ0n) is 23.1. The van der Waals surface area contributed by atoms with E-state index in [1.54, 1.807) is 4.31 Å². The number of sulfonamides is 1. The van der Waals surface area contributed by atoms with E-state index in [2.05, 4.69) is 45.7 Å². The molecular weight excluding hydrogens is 544 g/mol. The van der Waals surface area contributed by atoms with Gasteiger partial charge in [0.05, 0.1) is 30.2 Å². The molecule has 40 heavy (non-hydrogen) atoms. The number of aromatic nitrogens is 2. The predicted molar refractivity (Wildman–Crippen MR) is 160 cm³/mol. The number of morpholine rings is 1. The Balaban J connectivity index is 1.35. The summed E-state index contributed by atoms with van der Waals surface area (Å²) in [5.74, 6) is 6.55. The summed E-state index contributed by atoms with van der Waals surface area (Å²) in [5, 5.41) is 5.64. The minimum Gasteiger partial charge on any atom is -0.379 e. The lowest BCUT2D eigenvalue weighted by molar-refractivity contribution is 0.0368. The van der Waals surface area contributed by atoms with Crippen molar-refractivity contribution in [2.75, 3.05) is 45.6 Å². The lowest BCUT2D eigenvalue weighted by Crippen LogP contribution is -2.37. The monoisotopic (exact) mass is 580 g/mol. The van der Waals surface area contributed by atoms with E-state index >= 15 is 0 Å². The summed E-state index contributed by atoms with van der Waals surface area (Å²) >= 11 is 6.54. The first-order valence-corrected chi connectivity index (χ1v) is 16.3. The van der Waals surface area contributed by atoms with Crippen molar-refractivity contribution in [3.05, 3.63) is 75.9 Å². The molecule has 2 aromatic carbocycles. The number of hydrogen-bond donors (Lipinski definition) is 0. The van der Waals surface area contributed by atoms with Gasteiger partial charge in [-0.25, -0.2) is 8.42 Å². The highest BCUT2D eigenvalue weighted by atomic mass is 35.5. The Morgan fingerprint density at radius 3 is 2.60 bits per heavy atom. The second-order valence-corrected chi connectivity index (χ2v) is 12.9. The van der Waals surface area contributed by atoms with Crippen molar-refractivity contribution in [3.8, 4) is 23.1 Å². The fraction of sp³-hybridized carbons (Fsp3) is 0.452. The van der Waals surface area contributed by atoms with Crippen molar-refractivity contribution in [3.63, 3.8) is 0 Å². The van der Waals surface area contributed by atoms with Crippen LogP contribution in [0.25, 0.3) is 11.3 Å². The second-order valence-electron chi connectivity index (χ2n) is 10.5. The van der Waals surface area contributed by atoms with Gasteiger partial charge in [-0.2, -0.15) is 9.40 Å². The summed E-state index contributed by atoms with van der Waals surface area (Å²) in [6.45, 7) is 6.10. The summed E-state index contributed by atoms with van der Waals surface area (Å²) in [6.07, 6.45) is 5.66. The maximum atomic E-state index is 12.4. The molecule has 9 heteroatoms. The SMILES string of the molecule is CS(=O)(=O)N1CCc2c(c(-c3ccc(Cl)c(C#CCCCc4ccccc4)c3)nn2CCCN2CCOCC2)C1. The number of ether oxygens (including phenoxy) is 1. The van der Waals surface area contributed by atoms with Crippen molar-refractivity contribution < 1.29 is 13.2 Å². The molecule has 1 aromatic heterocycles. The van der Waals surface area contributed by atoms with Gasteiger partial charge in [0.25, 0.3) is 0 Å². The third-order valence-corrected chi connectivity index (χ3v) is 9.17. The second kappa shape index (κ2) is 13.3. The lowest BCUT2D eigenvalue weighted by Gasteiger charge is -2.27. The average molecular weight is 581 g/mol. The number of nitrogens with zero attached hydrogens (tertiary/aromatic N) is 4. The van der Waals surface area contributed by atoms with Crippen molar-refractivity contribution in [2.45, 2.75) is 45.2 Å². The molecule has 2 aliphatic heterocycles. The van der Waals surface area contributed by atoms with Crippen LogP contribution in [-0.4, -0.2) is 73.1 Å². The molecule has 3 aromatic rings. The fourth-order valence-corrected chi connectivity index (χ4v) is 6.34. The molecule has 0 aliphatic carbocycles. The molecule has 1 saturated heterocycles. The number of aryl methyl sites for hydroxylation is 2. The molecule has 3 heterocycles. The highest BCUT2D eigenvalue weighted by Gasteiger charge is 2.30. The number of hydrogen-bond acceptors (Lipinski definition) is 5. The van der Waals surface area contributed by atoms with Gasteiger partial charge in [0, 0.05) is 74.5 Å². The first kappa shape index (κ1) is 28.8. The minimum absolute atomic E-state index is 0.329. The van der Waals surface area contributed by atoms with Gasteiger partial charge in [-0.1, -0.05) is 59.8 Å². The minimum atomic E-state index is -3.31. The Bertz CT molecular complexity index is 1470. The van der Waals surface area contributed by atoms with Gasteiger partial charge in [0.2, 0.25) is 10.0 Å². The third kappa shape index (κ3) is 7.34. The standard InChI is InChI=1S/C31H37ClN4O3S/c1-40(37,38)35-18-15-30-28(24-35)31(33-36(30)17-8-16-34-19-21-39-22-20-34)27-13-14-29(32)26(23-27)12-7-3-6-11-25-9-4-2-5-10-25/h2,4-5,9-10,13-14,23H,3,6,8,11,15-22,24H2,1H3. The molecule has 0 radical (unpaired) electrons. The zero-order chi connectivity index (χ0) is 28.0. The predicted octanol–water partition coefficient (Wildman–Crippen LogP) is 4.62. The molecule has 0 amide bonds. The van der Waals surface area contributed by atoms with Gasteiger partial charge in [0.15, 0.2) is 0 Å². The highest BCUT2D eigenvalue weighted by molar-refractivity contribution is 7.88. The van der Waals surface area contributed by atoms with E-state index in [4.69, 9.17) is 21.4 Å².